The van der Waals surface area contributed by atoms with Crippen LogP contribution in [-0.4, -0.2) is 58.3 Å². The van der Waals surface area contributed by atoms with Crippen molar-refractivity contribution in [2.45, 2.75) is 52.2 Å². The highest BCUT2D eigenvalue weighted by molar-refractivity contribution is 6.03. The van der Waals surface area contributed by atoms with Crippen molar-refractivity contribution in [2.75, 3.05) is 25.1 Å². The summed E-state index contributed by atoms with van der Waals surface area (Å²) in [6.45, 7) is 8.83. The van der Waals surface area contributed by atoms with Gasteiger partial charge >= 0.3 is 0 Å². The zero-order valence-corrected chi connectivity index (χ0v) is 17.9. The predicted molar refractivity (Wildman–Crippen MR) is 112 cm³/mol. The van der Waals surface area contributed by atoms with Gasteiger partial charge in [0.2, 0.25) is 5.91 Å². The van der Waals surface area contributed by atoms with Crippen LogP contribution < -0.4 is 10.1 Å². The number of carbonyl (C=O) groups is 2. The molecule has 1 spiro atoms. The summed E-state index contributed by atoms with van der Waals surface area (Å²) in [5.74, 6) is 0.124. The van der Waals surface area contributed by atoms with E-state index in [1.165, 1.54) is 0 Å². The molecule has 1 unspecified atom stereocenters. The largest absolute Gasteiger partial charge is 0.484 e. The zero-order chi connectivity index (χ0) is 21.5. The smallest absolute Gasteiger partial charge is 0.258 e. The molecule has 1 saturated heterocycles. The van der Waals surface area contributed by atoms with Crippen LogP contribution in [0, 0.1) is 20.8 Å². The van der Waals surface area contributed by atoms with Gasteiger partial charge in [0.1, 0.15) is 17.4 Å². The quantitative estimate of drug-likeness (QED) is 0.808. The Hall–Kier alpha value is -2.87. The van der Waals surface area contributed by atoms with E-state index in [1.807, 2.05) is 39.0 Å². The van der Waals surface area contributed by atoms with Gasteiger partial charge in [-0.1, -0.05) is 11.6 Å². The maximum atomic E-state index is 13.5. The van der Waals surface area contributed by atoms with Crippen molar-refractivity contribution < 1.29 is 19.1 Å². The number of H-pyrrole nitrogens is 1. The van der Waals surface area contributed by atoms with E-state index in [-0.39, 0.29) is 11.8 Å². The average molecular weight is 412 g/mol. The van der Waals surface area contributed by atoms with Crippen LogP contribution in [0.25, 0.3) is 0 Å². The standard InChI is InChI=1S/C22H28N4O4/c1-13-5-6-18-17(11-13)21(28)26(12-22(30-18)7-9-29-10-8-22)16(4)20(27)23-19-14(2)24-25-15(19)3/h5-6,11,16H,7-10,12H2,1-4H3,(H,23,27)(H,24,25). The van der Waals surface area contributed by atoms with E-state index >= 15 is 0 Å². The first-order valence-electron chi connectivity index (χ1n) is 10.3. The number of carbonyl (C=O) groups excluding carboxylic acids is 2. The van der Waals surface area contributed by atoms with Crippen molar-refractivity contribution in [3.05, 3.63) is 40.7 Å². The van der Waals surface area contributed by atoms with Crippen LogP contribution in [-0.2, 0) is 9.53 Å². The lowest BCUT2D eigenvalue weighted by Crippen LogP contribution is -2.55. The topological polar surface area (TPSA) is 96.6 Å². The van der Waals surface area contributed by atoms with E-state index in [2.05, 4.69) is 15.5 Å². The zero-order valence-electron chi connectivity index (χ0n) is 17.9. The van der Waals surface area contributed by atoms with Crippen molar-refractivity contribution in [3.63, 3.8) is 0 Å². The summed E-state index contributed by atoms with van der Waals surface area (Å²) in [5.41, 5.74) is 3.04. The number of hydrogen-bond acceptors (Lipinski definition) is 5. The molecule has 0 saturated carbocycles. The fraction of sp³-hybridized carbons (Fsp3) is 0.500. The maximum Gasteiger partial charge on any atom is 0.258 e. The number of fused-ring (bicyclic) bond motifs is 1. The van der Waals surface area contributed by atoms with Crippen LogP contribution in [0.1, 0.15) is 47.1 Å². The second kappa shape index (κ2) is 7.75. The van der Waals surface area contributed by atoms with E-state index in [4.69, 9.17) is 9.47 Å². The molecule has 1 aromatic heterocycles. The second-order valence-corrected chi connectivity index (χ2v) is 8.30. The number of nitrogens with zero attached hydrogens (tertiary/aromatic N) is 2. The molecule has 0 aliphatic carbocycles. The molecular weight excluding hydrogens is 384 g/mol. The number of amides is 2. The third-order valence-corrected chi connectivity index (χ3v) is 6.04. The molecular formula is C22H28N4O4. The number of aryl methyl sites for hydroxylation is 3. The van der Waals surface area contributed by atoms with Gasteiger partial charge < -0.3 is 19.7 Å². The first kappa shape index (κ1) is 20.4. The molecule has 2 aliphatic heterocycles. The Morgan fingerprint density at radius 2 is 2.00 bits per heavy atom. The lowest BCUT2D eigenvalue weighted by molar-refractivity contribution is -0.121. The summed E-state index contributed by atoms with van der Waals surface area (Å²) in [6, 6.07) is 4.94. The van der Waals surface area contributed by atoms with Gasteiger partial charge in [0.25, 0.3) is 5.91 Å². The number of benzene rings is 1. The Morgan fingerprint density at radius 3 is 2.67 bits per heavy atom. The fourth-order valence-corrected chi connectivity index (χ4v) is 4.12. The van der Waals surface area contributed by atoms with Crippen molar-refractivity contribution in [2.24, 2.45) is 0 Å². The third-order valence-electron chi connectivity index (χ3n) is 6.04. The number of nitrogens with one attached hydrogen (secondary N) is 2. The van der Waals surface area contributed by atoms with Crippen LogP contribution in [0.15, 0.2) is 18.2 Å². The molecule has 1 atom stereocenters. The Balaban J connectivity index is 1.67. The van der Waals surface area contributed by atoms with E-state index in [0.717, 1.165) is 11.3 Å². The monoisotopic (exact) mass is 412 g/mol. The molecule has 3 heterocycles. The Labute approximate surface area is 175 Å². The van der Waals surface area contributed by atoms with Crippen molar-refractivity contribution in [1.29, 1.82) is 0 Å². The fourth-order valence-electron chi connectivity index (χ4n) is 4.12. The lowest BCUT2D eigenvalue weighted by atomic mass is 9.92. The van der Waals surface area contributed by atoms with Gasteiger partial charge in [0.05, 0.1) is 42.4 Å². The Morgan fingerprint density at radius 1 is 1.27 bits per heavy atom. The molecule has 8 heteroatoms. The van der Waals surface area contributed by atoms with E-state index in [9.17, 15) is 9.59 Å². The number of rotatable bonds is 3. The van der Waals surface area contributed by atoms with Crippen molar-refractivity contribution in [1.82, 2.24) is 15.1 Å². The lowest BCUT2D eigenvalue weighted by Gasteiger charge is -2.40. The minimum atomic E-state index is -0.680. The summed E-state index contributed by atoms with van der Waals surface area (Å²) < 4.78 is 12.0. The molecule has 1 fully saturated rings. The van der Waals surface area contributed by atoms with E-state index in [1.54, 1.807) is 11.8 Å². The van der Waals surface area contributed by atoms with Crippen molar-refractivity contribution in [3.8, 4) is 5.75 Å². The van der Waals surface area contributed by atoms with Crippen molar-refractivity contribution >= 4 is 17.5 Å². The predicted octanol–water partition coefficient (Wildman–Crippen LogP) is 2.75. The average Bonchev–Trinajstić information content (AvgIpc) is 2.99. The molecule has 2 aliphatic rings. The van der Waals surface area contributed by atoms with E-state index < -0.39 is 11.6 Å². The summed E-state index contributed by atoms with van der Waals surface area (Å²) in [6.07, 6.45) is 1.33. The summed E-state index contributed by atoms with van der Waals surface area (Å²) in [7, 11) is 0. The van der Waals surface area contributed by atoms with Gasteiger partial charge in [0.15, 0.2) is 0 Å². The van der Waals surface area contributed by atoms with Gasteiger partial charge in [-0.3, -0.25) is 14.7 Å². The first-order valence-corrected chi connectivity index (χ1v) is 10.3. The molecule has 30 heavy (non-hydrogen) atoms. The summed E-state index contributed by atoms with van der Waals surface area (Å²) >= 11 is 0. The Bertz CT molecular complexity index is 958. The highest BCUT2D eigenvalue weighted by Crippen LogP contribution is 2.36. The van der Waals surface area contributed by atoms with Crippen LogP contribution in [0.5, 0.6) is 5.75 Å². The van der Waals surface area contributed by atoms with Crippen LogP contribution in [0.3, 0.4) is 0 Å². The molecule has 0 radical (unpaired) electrons. The van der Waals surface area contributed by atoms with Crippen LogP contribution in [0.4, 0.5) is 5.69 Å². The number of aromatic nitrogens is 2. The number of aromatic amines is 1. The maximum absolute atomic E-state index is 13.5. The van der Waals surface area contributed by atoms with Gasteiger partial charge in [-0.15, -0.1) is 0 Å². The normalized spacial score (nSPS) is 19.1. The minimum absolute atomic E-state index is 0.194. The van der Waals surface area contributed by atoms with Gasteiger partial charge in [0, 0.05) is 12.8 Å². The SMILES string of the molecule is Cc1ccc2c(c1)C(=O)N(C(C)C(=O)Nc1c(C)n[nH]c1C)CC1(CCOCC1)O2. The van der Waals surface area contributed by atoms with Gasteiger partial charge in [-0.25, -0.2) is 0 Å². The van der Waals surface area contributed by atoms with Gasteiger partial charge in [-0.2, -0.15) is 5.10 Å². The number of ether oxygens (including phenoxy) is 2. The molecule has 160 valence electrons. The molecule has 2 N–H and O–H groups in total. The summed E-state index contributed by atoms with van der Waals surface area (Å²) in [5, 5.41) is 9.92. The third kappa shape index (κ3) is 3.67. The Kier molecular flexibility index (Phi) is 5.27. The van der Waals surface area contributed by atoms with Crippen LogP contribution >= 0.6 is 0 Å². The van der Waals surface area contributed by atoms with Crippen LogP contribution in [0.2, 0.25) is 0 Å². The number of anilines is 1. The van der Waals surface area contributed by atoms with E-state index in [0.29, 0.717) is 55.3 Å². The van der Waals surface area contributed by atoms with Gasteiger partial charge in [-0.05, 0) is 39.8 Å². The molecule has 2 aromatic rings. The summed E-state index contributed by atoms with van der Waals surface area (Å²) in [4.78, 5) is 28.3. The minimum Gasteiger partial charge on any atom is -0.484 e. The first-order chi connectivity index (χ1) is 14.3. The molecule has 0 bridgehead atoms. The number of hydrogen-bond donors (Lipinski definition) is 2. The second-order valence-electron chi connectivity index (χ2n) is 8.30. The highest BCUT2D eigenvalue weighted by Gasteiger charge is 2.44. The molecule has 8 nitrogen and oxygen atoms in total. The molecule has 1 aromatic carbocycles. The molecule has 4 rings (SSSR count). The molecule has 2 amide bonds. The highest BCUT2D eigenvalue weighted by atomic mass is 16.5.